The van der Waals surface area contributed by atoms with E-state index < -0.39 is 23.6 Å². The van der Waals surface area contributed by atoms with Crippen molar-refractivity contribution in [3.05, 3.63) is 35.5 Å². The van der Waals surface area contributed by atoms with Crippen molar-refractivity contribution in [3.63, 3.8) is 0 Å². The van der Waals surface area contributed by atoms with Crippen LogP contribution in [-0.4, -0.2) is 36.7 Å². The Morgan fingerprint density at radius 3 is 2.38 bits per heavy atom. The van der Waals surface area contributed by atoms with Crippen LogP contribution in [0.5, 0.6) is 0 Å². The van der Waals surface area contributed by atoms with Gasteiger partial charge >= 0.3 is 11.9 Å². The number of hydrogen-bond acceptors (Lipinski definition) is 7. The molecule has 0 atom stereocenters. The lowest BCUT2D eigenvalue weighted by atomic mass is 10.1. The molecular weight excluding hydrogens is 338 g/mol. The lowest BCUT2D eigenvalue weighted by molar-refractivity contribution is -0.222. The Balaban J connectivity index is 1.84. The fraction of sp³-hybridized carbons (Fsp3) is 0.389. The maximum absolute atomic E-state index is 12.0. The number of nitrogens with zero attached hydrogens (tertiary/aromatic N) is 1. The van der Waals surface area contributed by atoms with Crippen molar-refractivity contribution >= 4 is 29.2 Å². The summed E-state index contributed by atoms with van der Waals surface area (Å²) in [5, 5.41) is 2.89. The number of ether oxygens (including phenoxy) is 2. The van der Waals surface area contributed by atoms with E-state index in [4.69, 9.17) is 15.2 Å². The minimum atomic E-state index is -1.28. The minimum absolute atomic E-state index is 0.231. The summed E-state index contributed by atoms with van der Waals surface area (Å²) >= 11 is 0. The van der Waals surface area contributed by atoms with E-state index in [0.29, 0.717) is 11.3 Å². The second-order valence-electron chi connectivity index (χ2n) is 6.67. The van der Waals surface area contributed by atoms with E-state index in [1.807, 2.05) is 0 Å². The molecule has 2 fully saturated rings. The van der Waals surface area contributed by atoms with Crippen molar-refractivity contribution in [2.24, 2.45) is 5.73 Å². The highest BCUT2D eigenvalue weighted by atomic mass is 16.7. The summed E-state index contributed by atoms with van der Waals surface area (Å²) in [7, 11) is 0. The molecule has 0 spiro atoms. The Morgan fingerprint density at radius 1 is 1.19 bits per heavy atom. The molecule has 3 rings (SSSR count). The van der Waals surface area contributed by atoms with Gasteiger partial charge in [0.1, 0.15) is 0 Å². The first-order valence-electron chi connectivity index (χ1n) is 8.39. The zero-order chi connectivity index (χ0) is 18.9. The average Bonchev–Trinajstić information content (AvgIpc) is 3.07. The van der Waals surface area contributed by atoms with Crippen molar-refractivity contribution in [2.45, 2.75) is 32.5 Å². The van der Waals surface area contributed by atoms with Crippen molar-refractivity contribution in [1.29, 1.82) is 0 Å². The van der Waals surface area contributed by atoms with E-state index in [1.54, 1.807) is 18.2 Å². The van der Waals surface area contributed by atoms with Gasteiger partial charge in [0.25, 0.3) is 11.7 Å². The van der Waals surface area contributed by atoms with E-state index in [9.17, 15) is 14.4 Å². The molecule has 3 N–H and O–H groups in total. The van der Waals surface area contributed by atoms with E-state index in [-0.39, 0.29) is 5.57 Å². The molecule has 0 aromatic heterocycles. The molecule has 26 heavy (non-hydrogen) atoms. The number of rotatable bonds is 4. The zero-order valence-corrected chi connectivity index (χ0v) is 14.7. The number of nitrogens with two attached hydrogens (primary N) is 1. The topological polar surface area (TPSA) is 111 Å². The molecule has 8 heteroatoms. The monoisotopic (exact) mass is 359 g/mol. The third kappa shape index (κ3) is 3.63. The van der Waals surface area contributed by atoms with Gasteiger partial charge in [-0.15, -0.1) is 0 Å². The number of nitrogens with one attached hydrogen (secondary N) is 1. The Labute approximate surface area is 150 Å². The van der Waals surface area contributed by atoms with Crippen LogP contribution in [0.1, 0.15) is 37.0 Å². The van der Waals surface area contributed by atoms with Gasteiger partial charge in [0.05, 0.1) is 11.3 Å². The number of primary amides is 1. The molecule has 1 amide bonds. The van der Waals surface area contributed by atoms with Crippen molar-refractivity contribution in [3.8, 4) is 0 Å². The van der Waals surface area contributed by atoms with Gasteiger partial charge in [0, 0.05) is 38.8 Å². The molecule has 2 aliphatic heterocycles. The molecule has 1 aromatic carbocycles. The van der Waals surface area contributed by atoms with Gasteiger partial charge in [0.2, 0.25) is 0 Å². The molecular formula is C18H21N3O5. The average molecular weight is 359 g/mol. The molecule has 1 aromatic rings. The molecule has 2 heterocycles. The van der Waals surface area contributed by atoms with Crippen LogP contribution >= 0.6 is 0 Å². The Kier molecular flexibility index (Phi) is 4.58. The first-order chi connectivity index (χ1) is 12.3. The predicted molar refractivity (Wildman–Crippen MR) is 94.4 cm³/mol. The fourth-order valence-corrected chi connectivity index (χ4v) is 2.98. The van der Waals surface area contributed by atoms with Crippen LogP contribution in [-0.2, 0) is 19.1 Å². The number of cyclic esters (lactones) is 2. The number of benzene rings is 1. The molecule has 0 bridgehead atoms. The summed E-state index contributed by atoms with van der Waals surface area (Å²) in [4.78, 5) is 37.7. The fourth-order valence-electron chi connectivity index (χ4n) is 2.98. The lowest BCUT2D eigenvalue weighted by Gasteiger charge is -2.29. The maximum Gasteiger partial charge on any atom is 0.350 e. The molecule has 2 saturated heterocycles. The number of esters is 2. The van der Waals surface area contributed by atoms with E-state index >= 15 is 0 Å². The van der Waals surface area contributed by atoms with Crippen LogP contribution in [0.25, 0.3) is 0 Å². The highest BCUT2D eigenvalue weighted by Gasteiger charge is 2.38. The van der Waals surface area contributed by atoms with Gasteiger partial charge in [0.15, 0.2) is 5.57 Å². The zero-order valence-electron chi connectivity index (χ0n) is 14.7. The van der Waals surface area contributed by atoms with Crippen LogP contribution in [0.15, 0.2) is 30.0 Å². The maximum atomic E-state index is 12.0. The summed E-state index contributed by atoms with van der Waals surface area (Å²) in [6, 6.07) is 5.05. The van der Waals surface area contributed by atoms with Gasteiger partial charge in [-0.1, -0.05) is 0 Å². The lowest BCUT2D eigenvalue weighted by Crippen LogP contribution is -2.42. The normalized spacial score (nSPS) is 19.0. The Hall–Kier alpha value is -3.03. The Morgan fingerprint density at radius 2 is 1.81 bits per heavy atom. The molecule has 0 saturated carbocycles. The van der Waals surface area contributed by atoms with Crippen molar-refractivity contribution in [2.75, 3.05) is 23.3 Å². The van der Waals surface area contributed by atoms with E-state index in [1.165, 1.54) is 20.0 Å². The highest BCUT2D eigenvalue weighted by Crippen LogP contribution is 2.28. The summed E-state index contributed by atoms with van der Waals surface area (Å²) in [5.74, 6) is -3.30. The van der Waals surface area contributed by atoms with Crippen LogP contribution in [0, 0.1) is 0 Å². The second-order valence-corrected chi connectivity index (χ2v) is 6.67. The molecule has 0 radical (unpaired) electrons. The molecule has 2 aliphatic rings. The number of anilines is 2. The molecule has 138 valence electrons. The molecule has 0 unspecified atom stereocenters. The summed E-state index contributed by atoms with van der Waals surface area (Å²) in [6.45, 7) is 4.66. The summed E-state index contributed by atoms with van der Waals surface area (Å²) in [5.41, 5.74) is 7.00. The number of carbonyl (C=O) groups excluding carboxylic acids is 3. The SMILES string of the molecule is CC1(C)OC(=O)C(=CNc2ccc(C(N)=O)c(N3CCCC3)c2)C(=O)O1. The third-order valence-corrected chi connectivity index (χ3v) is 4.21. The smallest absolute Gasteiger partial charge is 0.350 e. The highest BCUT2D eigenvalue weighted by molar-refractivity contribution is 6.15. The van der Waals surface area contributed by atoms with Gasteiger partial charge in [-0.05, 0) is 31.0 Å². The minimum Gasteiger partial charge on any atom is -0.419 e. The Bertz CT molecular complexity index is 772. The van der Waals surface area contributed by atoms with E-state index in [0.717, 1.165) is 31.6 Å². The van der Waals surface area contributed by atoms with Crippen LogP contribution in [0.3, 0.4) is 0 Å². The van der Waals surface area contributed by atoms with Crippen LogP contribution in [0.2, 0.25) is 0 Å². The van der Waals surface area contributed by atoms with E-state index in [2.05, 4.69) is 10.2 Å². The second kappa shape index (κ2) is 6.70. The number of hydrogen-bond donors (Lipinski definition) is 2. The van der Waals surface area contributed by atoms with Gasteiger partial charge in [-0.3, -0.25) is 4.79 Å². The third-order valence-electron chi connectivity index (χ3n) is 4.21. The number of amides is 1. The quantitative estimate of drug-likeness (QED) is 0.476. The van der Waals surface area contributed by atoms with Crippen LogP contribution in [0.4, 0.5) is 11.4 Å². The standard InChI is InChI=1S/C18H21N3O5/c1-18(2)25-16(23)13(17(24)26-18)10-20-11-5-6-12(15(19)22)14(9-11)21-7-3-4-8-21/h5-6,9-10,20H,3-4,7-8H2,1-2H3,(H2,19,22). The molecule has 8 nitrogen and oxygen atoms in total. The number of carbonyl (C=O) groups is 3. The predicted octanol–water partition coefficient (Wildman–Crippen LogP) is 1.52. The van der Waals surface area contributed by atoms with Gasteiger partial charge in [-0.2, -0.15) is 0 Å². The van der Waals surface area contributed by atoms with Gasteiger partial charge < -0.3 is 25.4 Å². The van der Waals surface area contributed by atoms with Crippen molar-refractivity contribution in [1.82, 2.24) is 0 Å². The first-order valence-corrected chi connectivity index (χ1v) is 8.39. The summed E-state index contributed by atoms with van der Waals surface area (Å²) < 4.78 is 10.1. The summed E-state index contributed by atoms with van der Waals surface area (Å²) in [6.07, 6.45) is 3.34. The first kappa shape index (κ1) is 17.8. The van der Waals surface area contributed by atoms with Crippen molar-refractivity contribution < 1.29 is 23.9 Å². The van der Waals surface area contributed by atoms with Crippen LogP contribution < -0.4 is 16.0 Å². The largest absolute Gasteiger partial charge is 0.419 e. The molecule has 0 aliphatic carbocycles. The van der Waals surface area contributed by atoms with Gasteiger partial charge in [-0.25, -0.2) is 9.59 Å².